The Bertz CT molecular complexity index is 1220. The minimum atomic E-state index is -0.0125. The highest BCUT2D eigenvalue weighted by atomic mass is 35.5. The molecule has 1 N–H and O–H groups in total. The molecule has 2 aromatic carbocycles. The summed E-state index contributed by atoms with van der Waals surface area (Å²) < 4.78 is 7.31. The number of halogens is 1. The van der Waals surface area contributed by atoms with Crippen LogP contribution in [-0.2, 0) is 4.79 Å². The van der Waals surface area contributed by atoms with Crippen LogP contribution in [-0.4, -0.2) is 29.4 Å². The fourth-order valence-corrected chi connectivity index (χ4v) is 3.54. The van der Waals surface area contributed by atoms with Gasteiger partial charge in [0.15, 0.2) is 5.82 Å². The van der Waals surface area contributed by atoms with E-state index in [1.54, 1.807) is 25.3 Å². The predicted octanol–water partition coefficient (Wildman–Crippen LogP) is 5.39. The van der Waals surface area contributed by atoms with Crippen LogP contribution < -0.4 is 15.0 Å². The van der Waals surface area contributed by atoms with Gasteiger partial charge in [-0.1, -0.05) is 11.6 Å². The lowest BCUT2D eigenvalue weighted by Gasteiger charge is -2.15. The quantitative estimate of drug-likeness (QED) is 0.470. The first-order valence-corrected chi connectivity index (χ1v) is 9.77. The number of aromatic nitrogens is 2. The number of carbonyl (C=O) groups is 1. The molecule has 7 heteroatoms. The van der Waals surface area contributed by atoms with Gasteiger partial charge in [0.2, 0.25) is 5.91 Å². The van der Waals surface area contributed by atoms with Crippen LogP contribution in [0.3, 0.4) is 0 Å². The molecule has 1 amide bonds. The van der Waals surface area contributed by atoms with Crippen LogP contribution in [0.25, 0.3) is 16.8 Å². The van der Waals surface area contributed by atoms with Gasteiger partial charge in [0, 0.05) is 43.3 Å². The van der Waals surface area contributed by atoms with E-state index in [9.17, 15) is 4.79 Å². The van der Waals surface area contributed by atoms with Crippen molar-refractivity contribution in [2.24, 2.45) is 0 Å². The summed E-state index contributed by atoms with van der Waals surface area (Å²) in [6.45, 7) is 1.54. The van der Waals surface area contributed by atoms with Crippen LogP contribution in [0.5, 0.6) is 5.75 Å². The number of hydrogen-bond acceptors (Lipinski definition) is 4. The van der Waals surface area contributed by atoms with Crippen molar-refractivity contribution in [1.29, 1.82) is 0 Å². The van der Waals surface area contributed by atoms with Gasteiger partial charge in [0.25, 0.3) is 0 Å². The van der Waals surface area contributed by atoms with Crippen molar-refractivity contribution in [3.8, 4) is 17.0 Å². The standard InChI is InChI=1S/C23H21ClN4O2/c1-15(29)27(2)18-7-5-17(6-8-18)26-23-21-10-9-20(28(21)13-12-25-23)16-4-11-22(30-3)19(24)14-16/h4-14H,1-3H3,(H,25,26). The maximum Gasteiger partial charge on any atom is 0.223 e. The van der Waals surface area contributed by atoms with Crippen molar-refractivity contribution < 1.29 is 9.53 Å². The summed E-state index contributed by atoms with van der Waals surface area (Å²) in [5, 5.41) is 3.92. The lowest BCUT2D eigenvalue weighted by molar-refractivity contribution is -0.116. The maximum absolute atomic E-state index is 11.5. The third-order valence-electron chi connectivity index (χ3n) is 5.02. The van der Waals surface area contributed by atoms with E-state index < -0.39 is 0 Å². The Morgan fingerprint density at radius 3 is 2.57 bits per heavy atom. The average molecular weight is 421 g/mol. The largest absolute Gasteiger partial charge is 0.495 e. The zero-order chi connectivity index (χ0) is 21.3. The molecule has 0 bridgehead atoms. The summed E-state index contributed by atoms with van der Waals surface area (Å²) in [6.07, 6.45) is 3.67. The Hall–Kier alpha value is -3.51. The zero-order valence-corrected chi connectivity index (χ0v) is 17.6. The number of nitrogens with zero attached hydrogens (tertiary/aromatic N) is 3. The van der Waals surface area contributed by atoms with Crippen LogP contribution in [0.15, 0.2) is 67.0 Å². The van der Waals surface area contributed by atoms with E-state index in [0.29, 0.717) is 10.8 Å². The van der Waals surface area contributed by atoms with Crippen molar-refractivity contribution in [3.05, 3.63) is 72.0 Å². The lowest BCUT2D eigenvalue weighted by atomic mass is 10.1. The normalized spacial score (nSPS) is 10.8. The monoisotopic (exact) mass is 420 g/mol. The number of nitrogens with one attached hydrogen (secondary N) is 1. The van der Waals surface area contributed by atoms with E-state index >= 15 is 0 Å². The highest BCUT2D eigenvalue weighted by molar-refractivity contribution is 6.32. The summed E-state index contributed by atoms with van der Waals surface area (Å²) >= 11 is 6.31. The molecule has 0 saturated heterocycles. The van der Waals surface area contributed by atoms with Gasteiger partial charge in [-0.2, -0.15) is 0 Å². The van der Waals surface area contributed by atoms with Gasteiger partial charge in [-0.05, 0) is 54.6 Å². The Morgan fingerprint density at radius 2 is 1.90 bits per heavy atom. The molecule has 0 fully saturated rings. The van der Waals surface area contributed by atoms with Crippen molar-refractivity contribution in [2.75, 3.05) is 24.4 Å². The molecule has 0 aliphatic heterocycles. The number of amides is 1. The molecule has 0 atom stereocenters. The Kier molecular flexibility index (Phi) is 5.33. The van der Waals surface area contributed by atoms with E-state index in [0.717, 1.165) is 34.0 Å². The van der Waals surface area contributed by atoms with Gasteiger partial charge in [-0.3, -0.25) is 4.79 Å². The summed E-state index contributed by atoms with van der Waals surface area (Å²) in [5.74, 6) is 1.36. The smallest absolute Gasteiger partial charge is 0.223 e. The van der Waals surface area contributed by atoms with Gasteiger partial charge in [-0.25, -0.2) is 4.98 Å². The number of methoxy groups -OCH3 is 1. The van der Waals surface area contributed by atoms with Gasteiger partial charge >= 0.3 is 0 Å². The van der Waals surface area contributed by atoms with E-state index in [-0.39, 0.29) is 5.91 Å². The van der Waals surface area contributed by atoms with Crippen LogP contribution >= 0.6 is 11.6 Å². The zero-order valence-electron chi connectivity index (χ0n) is 16.9. The number of ether oxygens (including phenoxy) is 1. The molecule has 2 aromatic heterocycles. The first-order chi connectivity index (χ1) is 14.5. The van der Waals surface area contributed by atoms with Crippen molar-refractivity contribution in [2.45, 2.75) is 6.92 Å². The van der Waals surface area contributed by atoms with Crippen molar-refractivity contribution in [1.82, 2.24) is 9.38 Å². The van der Waals surface area contributed by atoms with E-state index in [2.05, 4.69) is 14.7 Å². The SMILES string of the molecule is COc1ccc(-c2ccc3c(Nc4ccc(N(C)C(C)=O)cc4)nccn23)cc1Cl. The first kappa shape index (κ1) is 19.8. The molecular weight excluding hydrogens is 400 g/mol. The fraction of sp³-hybridized carbons (Fsp3) is 0.130. The molecule has 0 spiro atoms. The van der Waals surface area contributed by atoms with E-state index in [4.69, 9.17) is 16.3 Å². The minimum Gasteiger partial charge on any atom is -0.495 e. The molecule has 4 rings (SSSR count). The molecule has 0 unspecified atom stereocenters. The third kappa shape index (κ3) is 3.69. The minimum absolute atomic E-state index is 0.0125. The third-order valence-corrected chi connectivity index (χ3v) is 5.31. The predicted molar refractivity (Wildman–Crippen MR) is 121 cm³/mol. The summed E-state index contributed by atoms with van der Waals surface area (Å²) in [4.78, 5) is 17.6. The number of benzene rings is 2. The number of fused-ring (bicyclic) bond motifs is 1. The maximum atomic E-state index is 11.5. The molecule has 0 radical (unpaired) electrons. The molecule has 0 aliphatic carbocycles. The van der Waals surface area contributed by atoms with Crippen LogP contribution in [0.4, 0.5) is 17.2 Å². The highest BCUT2D eigenvalue weighted by Crippen LogP contribution is 2.32. The van der Waals surface area contributed by atoms with Gasteiger partial charge in [-0.15, -0.1) is 0 Å². The van der Waals surface area contributed by atoms with Crippen LogP contribution in [0.1, 0.15) is 6.92 Å². The summed E-state index contributed by atoms with van der Waals surface area (Å²) in [6, 6.07) is 17.4. The summed E-state index contributed by atoms with van der Waals surface area (Å²) in [7, 11) is 3.35. The second-order valence-electron chi connectivity index (χ2n) is 6.85. The number of carbonyl (C=O) groups excluding carboxylic acids is 1. The molecule has 6 nitrogen and oxygen atoms in total. The summed E-state index contributed by atoms with van der Waals surface area (Å²) in [5.41, 5.74) is 4.63. The molecule has 0 saturated carbocycles. The van der Waals surface area contributed by atoms with Crippen molar-refractivity contribution >= 4 is 40.2 Å². The Morgan fingerprint density at radius 1 is 1.13 bits per heavy atom. The van der Waals surface area contributed by atoms with Crippen molar-refractivity contribution in [3.63, 3.8) is 0 Å². The Balaban J connectivity index is 1.65. The molecular formula is C23H21ClN4O2. The lowest BCUT2D eigenvalue weighted by Crippen LogP contribution is -2.22. The Labute approximate surface area is 179 Å². The molecule has 4 aromatic rings. The molecule has 30 heavy (non-hydrogen) atoms. The molecule has 152 valence electrons. The topological polar surface area (TPSA) is 58.9 Å². The van der Waals surface area contributed by atoms with E-state index in [1.165, 1.54) is 6.92 Å². The molecule has 2 heterocycles. The molecule has 0 aliphatic rings. The highest BCUT2D eigenvalue weighted by Gasteiger charge is 2.11. The van der Waals surface area contributed by atoms with Gasteiger partial charge in [0.1, 0.15) is 5.75 Å². The van der Waals surface area contributed by atoms with Crippen LogP contribution in [0.2, 0.25) is 5.02 Å². The fourth-order valence-electron chi connectivity index (χ4n) is 3.29. The second-order valence-corrected chi connectivity index (χ2v) is 7.26. The number of anilines is 3. The first-order valence-electron chi connectivity index (χ1n) is 9.39. The van der Waals surface area contributed by atoms with E-state index in [1.807, 2.05) is 60.8 Å². The average Bonchev–Trinajstić information content (AvgIpc) is 3.19. The van der Waals surface area contributed by atoms with Gasteiger partial charge in [0.05, 0.1) is 23.3 Å². The number of hydrogen-bond donors (Lipinski definition) is 1. The number of rotatable bonds is 5. The van der Waals surface area contributed by atoms with Gasteiger partial charge < -0.3 is 19.4 Å². The second kappa shape index (κ2) is 8.08. The van der Waals surface area contributed by atoms with Crippen LogP contribution in [0, 0.1) is 0 Å².